The van der Waals surface area contributed by atoms with E-state index < -0.39 is 5.97 Å². The Labute approximate surface area is 134 Å². The molecule has 1 amide bonds. The lowest BCUT2D eigenvalue weighted by atomic mass is 10.1. The summed E-state index contributed by atoms with van der Waals surface area (Å²) in [6.45, 7) is 4.11. The van der Waals surface area contributed by atoms with Gasteiger partial charge in [-0.2, -0.15) is 5.10 Å². The number of ether oxygens (including phenoxy) is 1. The minimum absolute atomic E-state index is 0.0669. The number of amides is 1. The molecule has 0 spiro atoms. The van der Waals surface area contributed by atoms with E-state index in [-0.39, 0.29) is 18.6 Å². The van der Waals surface area contributed by atoms with Crippen LogP contribution < -0.4 is 0 Å². The van der Waals surface area contributed by atoms with E-state index in [4.69, 9.17) is 4.74 Å². The lowest BCUT2D eigenvalue weighted by Gasteiger charge is -2.21. The van der Waals surface area contributed by atoms with Gasteiger partial charge >= 0.3 is 5.97 Å². The van der Waals surface area contributed by atoms with Crippen molar-refractivity contribution in [3.63, 3.8) is 0 Å². The third-order valence-electron chi connectivity index (χ3n) is 3.50. The largest absolute Gasteiger partial charge is 0.452 e. The molecule has 0 bridgehead atoms. The average molecular weight is 316 g/mol. The number of aromatic nitrogens is 3. The maximum Gasteiger partial charge on any atom is 0.338 e. The van der Waals surface area contributed by atoms with Crippen LogP contribution in [0.25, 0.3) is 0 Å². The highest BCUT2D eigenvalue weighted by molar-refractivity contribution is 5.91. The van der Waals surface area contributed by atoms with Gasteiger partial charge in [0.2, 0.25) is 0 Å². The van der Waals surface area contributed by atoms with Crippen molar-refractivity contribution in [3.05, 3.63) is 48.0 Å². The van der Waals surface area contributed by atoms with E-state index in [1.54, 1.807) is 30.2 Å². The van der Waals surface area contributed by atoms with Crippen molar-refractivity contribution in [1.29, 1.82) is 0 Å². The first-order valence-corrected chi connectivity index (χ1v) is 7.31. The molecule has 0 saturated carbocycles. The molecule has 2 rings (SSSR count). The number of hydrogen-bond acceptors (Lipinski definition) is 5. The van der Waals surface area contributed by atoms with Crippen LogP contribution >= 0.6 is 0 Å². The second-order valence-electron chi connectivity index (χ2n) is 5.46. The molecule has 0 atom stereocenters. The summed E-state index contributed by atoms with van der Waals surface area (Å²) in [6, 6.07) is 7.05. The number of nitrogens with zero attached hydrogens (tertiary/aromatic N) is 4. The van der Waals surface area contributed by atoms with Crippen molar-refractivity contribution in [2.24, 2.45) is 0 Å². The first kappa shape index (κ1) is 16.7. The fraction of sp³-hybridized carbons (Fsp3) is 0.375. The number of esters is 1. The Kier molecular flexibility index (Phi) is 5.46. The molecule has 7 nitrogen and oxygen atoms in total. The van der Waals surface area contributed by atoms with Gasteiger partial charge in [-0.3, -0.25) is 4.79 Å². The normalized spacial score (nSPS) is 10.6. The molecule has 1 aromatic heterocycles. The number of carbonyl (C=O) groups is 2. The molecule has 0 radical (unpaired) electrons. The first-order chi connectivity index (χ1) is 11.0. The van der Waals surface area contributed by atoms with Crippen molar-refractivity contribution in [1.82, 2.24) is 19.7 Å². The van der Waals surface area contributed by atoms with Crippen molar-refractivity contribution < 1.29 is 14.3 Å². The molecule has 0 fully saturated rings. The van der Waals surface area contributed by atoms with Gasteiger partial charge in [-0.05, 0) is 31.5 Å². The van der Waals surface area contributed by atoms with Crippen LogP contribution in [0.2, 0.25) is 0 Å². The van der Waals surface area contributed by atoms with E-state index in [1.165, 1.54) is 11.2 Å². The zero-order valence-electron chi connectivity index (χ0n) is 13.5. The summed E-state index contributed by atoms with van der Waals surface area (Å²) < 4.78 is 6.74. The summed E-state index contributed by atoms with van der Waals surface area (Å²) in [7, 11) is 1.68. The lowest BCUT2D eigenvalue weighted by molar-refractivity contribution is -0.134. The Bertz CT molecular complexity index is 650. The molecule has 2 aromatic rings. The van der Waals surface area contributed by atoms with Gasteiger partial charge in [0.15, 0.2) is 6.61 Å². The topological polar surface area (TPSA) is 77.3 Å². The van der Waals surface area contributed by atoms with Gasteiger partial charge in [0.1, 0.15) is 12.7 Å². The predicted molar refractivity (Wildman–Crippen MR) is 83.8 cm³/mol. The highest BCUT2D eigenvalue weighted by atomic mass is 16.5. The zero-order valence-corrected chi connectivity index (χ0v) is 13.5. The van der Waals surface area contributed by atoms with Gasteiger partial charge in [-0.25, -0.2) is 14.5 Å². The van der Waals surface area contributed by atoms with Crippen LogP contribution in [0.4, 0.5) is 0 Å². The SMILES string of the molecule is CC(C)N(C)C(=O)COC(=O)c1ccc(Cn2cncn2)cc1. The average Bonchev–Trinajstić information content (AvgIpc) is 3.05. The van der Waals surface area contributed by atoms with Gasteiger partial charge < -0.3 is 9.64 Å². The molecule has 23 heavy (non-hydrogen) atoms. The van der Waals surface area contributed by atoms with Gasteiger partial charge in [0.05, 0.1) is 12.1 Å². The third-order valence-corrected chi connectivity index (χ3v) is 3.50. The van der Waals surface area contributed by atoms with Crippen LogP contribution in [0.1, 0.15) is 29.8 Å². The van der Waals surface area contributed by atoms with Gasteiger partial charge in [-0.15, -0.1) is 0 Å². The van der Waals surface area contributed by atoms with Crippen LogP contribution in [0.5, 0.6) is 0 Å². The number of rotatable bonds is 6. The lowest BCUT2D eigenvalue weighted by Crippen LogP contribution is -2.36. The number of hydrogen-bond donors (Lipinski definition) is 0. The summed E-state index contributed by atoms with van der Waals surface area (Å²) in [4.78, 5) is 29.1. The molecule has 0 aliphatic heterocycles. The summed E-state index contributed by atoms with van der Waals surface area (Å²) in [6.07, 6.45) is 3.09. The maximum atomic E-state index is 11.9. The van der Waals surface area contributed by atoms with Crippen LogP contribution in [0, 0.1) is 0 Å². The Morgan fingerprint density at radius 2 is 1.96 bits per heavy atom. The van der Waals surface area contributed by atoms with Crippen LogP contribution in [0.15, 0.2) is 36.9 Å². The molecule has 0 aliphatic carbocycles. The fourth-order valence-electron chi connectivity index (χ4n) is 1.85. The molecule has 122 valence electrons. The highest BCUT2D eigenvalue weighted by Crippen LogP contribution is 2.07. The van der Waals surface area contributed by atoms with Gasteiger partial charge in [-0.1, -0.05) is 12.1 Å². The smallest absolute Gasteiger partial charge is 0.338 e. The van der Waals surface area contributed by atoms with Crippen molar-refractivity contribution >= 4 is 11.9 Å². The number of carbonyl (C=O) groups excluding carboxylic acids is 2. The third kappa shape index (κ3) is 4.64. The monoisotopic (exact) mass is 316 g/mol. The predicted octanol–water partition coefficient (Wildman–Crippen LogP) is 1.35. The molecule has 0 unspecified atom stereocenters. The minimum atomic E-state index is -0.511. The molecule has 0 saturated heterocycles. The second-order valence-corrected chi connectivity index (χ2v) is 5.46. The van der Waals surface area contributed by atoms with Crippen LogP contribution in [-0.4, -0.2) is 51.2 Å². The molecular formula is C16H20N4O3. The summed E-state index contributed by atoms with van der Waals surface area (Å²) in [5.41, 5.74) is 1.40. The highest BCUT2D eigenvalue weighted by Gasteiger charge is 2.15. The standard InChI is InChI=1S/C16H20N4O3/c1-12(2)19(3)15(21)9-23-16(22)14-6-4-13(5-7-14)8-20-11-17-10-18-20/h4-7,10-12H,8-9H2,1-3H3. The second kappa shape index (κ2) is 7.53. The Hall–Kier alpha value is -2.70. The van der Waals surface area contributed by atoms with Crippen molar-refractivity contribution in [3.8, 4) is 0 Å². The van der Waals surface area contributed by atoms with Crippen LogP contribution in [-0.2, 0) is 16.1 Å². The van der Waals surface area contributed by atoms with E-state index in [0.29, 0.717) is 12.1 Å². The van der Waals surface area contributed by atoms with Gasteiger partial charge in [0.25, 0.3) is 5.91 Å². The zero-order chi connectivity index (χ0) is 16.8. The van der Waals surface area contributed by atoms with E-state index in [2.05, 4.69) is 10.1 Å². The van der Waals surface area contributed by atoms with E-state index in [1.807, 2.05) is 26.0 Å². The first-order valence-electron chi connectivity index (χ1n) is 7.31. The molecule has 1 heterocycles. The van der Waals surface area contributed by atoms with Crippen molar-refractivity contribution in [2.75, 3.05) is 13.7 Å². The quantitative estimate of drug-likeness (QED) is 0.752. The Balaban J connectivity index is 1.89. The minimum Gasteiger partial charge on any atom is -0.452 e. The van der Waals surface area contributed by atoms with Crippen LogP contribution in [0.3, 0.4) is 0 Å². The molecule has 0 aliphatic rings. The Morgan fingerprint density at radius 1 is 1.26 bits per heavy atom. The number of likely N-dealkylation sites (N-methyl/N-ethyl adjacent to an activating group) is 1. The van der Waals surface area contributed by atoms with E-state index in [0.717, 1.165) is 5.56 Å². The molecule has 7 heteroatoms. The molecule has 0 N–H and O–H groups in total. The van der Waals surface area contributed by atoms with E-state index >= 15 is 0 Å². The Morgan fingerprint density at radius 3 is 2.52 bits per heavy atom. The summed E-state index contributed by atoms with van der Waals surface area (Å²) in [5, 5.41) is 4.02. The maximum absolute atomic E-state index is 11.9. The summed E-state index contributed by atoms with van der Waals surface area (Å²) >= 11 is 0. The molecular weight excluding hydrogens is 296 g/mol. The van der Waals surface area contributed by atoms with E-state index in [9.17, 15) is 9.59 Å². The number of benzene rings is 1. The van der Waals surface area contributed by atoms with Crippen molar-refractivity contribution in [2.45, 2.75) is 26.4 Å². The molecule has 1 aromatic carbocycles. The van der Waals surface area contributed by atoms with Gasteiger partial charge in [0, 0.05) is 13.1 Å². The fourth-order valence-corrected chi connectivity index (χ4v) is 1.85. The summed E-state index contributed by atoms with van der Waals surface area (Å²) in [5.74, 6) is -0.737.